The summed E-state index contributed by atoms with van der Waals surface area (Å²) in [5, 5.41) is 9.99. The van der Waals surface area contributed by atoms with Gasteiger partial charge in [-0.05, 0) is 25.5 Å². The van der Waals surface area contributed by atoms with Crippen LogP contribution >= 0.6 is 0 Å². The second kappa shape index (κ2) is 5.16. The molecule has 1 atom stereocenters. The summed E-state index contributed by atoms with van der Waals surface area (Å²) in [6, 6.07) is 8.41. The maximum atomic E-state index is 9.99. The number of para-hydroxylation sites is 2. The van der Waals surface area contributed by atoms with E-state index in [1.54, 1.807) is 6.92 Å². The molecule has 3 N–H and O–H groups in total. The normalized spacial score (nSPS) is 18.4. The molecule has 0 fully saturated rings. The summed E-state index contributed by atoms with van der Waals surface area (Å²) in [5.41, 5.74) is 7.31. The van der Waals surface area contributed by atoms with Gasteiger partial charge >= 0.3 is 0 Å². The number of aliphatic hydroxyl groups is 1. The van der Waals surface area contributed by atoms with Gasteiger partial charge in [0.1, 0.15) is 0 Å². The van der Waals surface area contributed by atoms with Crippen molar-refractivity contribution < 1.29 is 5.11 Å². The fraction of sp³-hybridized carbons (Fsp3) is 0.571. The fourth-order valence-corrected chi connectivity index (χ4v) is 2.28. The van der Waals surface area contributed by atoms with Gasteiger partial charge in [0.05, 0.1) is 17.0 Å². The summed E-state index contributed by atoms with van der Waals surface area (Å²) < 4.78 is 0. The van der Waals surface area contributed by atoms with Crippen LogP contribution in [-0.4, -0.2) is 43.9 Å². The highest BCUT2D eigenvalue weighted by Crippen LogP contribution is 2.32. The van der Waals surface area contributed by atoms with E-state index in [4.69, 9.17) is 5.73 Å². The van der Waals surface area contributed by atoms with Gasteiger partial charge in [-0.3, -0.25) is 0 Å². The Labute approximate surface area is 109 Å². The lowest BCUT2D eigenvalue weighted by atomic mass is 10.0. The quantitative estimate of drug-likeness (QED) is 0.837. The van der Waals surface area contributed by atoms with Crippen LogP contribution in [0.15, 0.2) is 24.3 Å². The average Bonchev–Trinajstić information content (AvgIpc) is 2.38. The third-order valence-corrected chi connectivity index (χ3v) is 3.70. The minimum Gasteiger partial charge on any atom is -0.389 e. The molecule has 1 aromatic rings. The molecule has 18 heavy (non-hydrogen) atoms. The Bertz CT molecular complexity index is 406. The Balaban J connectivity index is 2.10. The Morgan fingerprint density at radius 3 is 2.61 bits per heavy atom. The van der Waals surface area contributed by atoms with E-state index in [0.717, 1.165) is 19.6 Å². The molecule has 4 nitrogen and oxygen atoms in total. The standard InChI is InChI=1S/C14H23N3O/c1-14(18,11-15)7-8-17-10-9-16(2)12-5-3-4-6-13(12)17/h3-6,18H,7-11,15H2,1-2H3. The molecule has 100 valence electrons. The van der Waals surface area contributed by atoms with Crippen LogP contribution in [-0.2, 0) is 0 Å². The minimum atomic E-state index is -0.766. The summed E-state index contributed by atoms with van der Waals surface area (Å²) in [7, 11) is 2.12. The van der Waals surface area contributed by atoms with Gasteiger partial charge in [-0.1, -0.05) is 12.1 Å². The Morgan fingerprint density at radius 2 is 1.94 bits per heavy atom. The van der Waals surface area contributed by atoms with Crippen LogP contribution < -0.4 is 15.5 Å². The molecular weight excluding hydrogens is 226 g/mol. The molecule has 0 saturated carbocycles. The lowest BCUT2D eigenvalue weighted by molar-refractivity contribution is 0.0620. The number of nitrogens with zero attached hydrogens (tertiary/aromatic N) is 2. The summed E-state index contributed by atoms with van der Waals surface area (Å²) in [4.78, 5) is 4.60. The van der Waals surface area contributed by atoms with Gasteiger partial charge in [0.2, 0.25) is 0 Å². The highest BCUT2D eigenvalue weighted by atomic mass is 16.3. The van der Waals surface area contributed by atoms with Crippen molar-refractivity contribution in [2.75, 3.05) is 43.0 Å². The zero-order chi connectivity index (χ0) is 13.2. The smallest absolute Gasteiger partial charge is 0.0758 e. The van der Waals surface area contributed by atoms with E-state index in [1.807, 2.05) is 0 Å². The van der Waals surface area contributed by atoms with E-state index in [9.17, 15) is 5.11 Å². The summed E-state index contributed by atoms with van der Waals surface area (Å²) in [5.74, 6) is 0. The number of nitrogens with two attached hydrogens (primary N) is 1. The number of fused-ring (bicyclic) bond motifs is 1. The van der Waals surface area contributed by atoms with E-state index in [1.165, 1.54) is 11.4 Å². The van der Waals surface area contributed by atoms with Crippen LogP contribution in [0.4, 0.5) is 11.4 Å². The molecule has 1 aromatic carbocycles. The molecule has 0 aliphatic carbocycles. The van der Waals surface area contributed by atoms with E-state index in [2.05, 4.69) is 41.1 Å². The van der Waals surface area contributed by atoms with Crippen LogP contribution in [0.25, 0.3) is 0 Å². The number of hydrogen-bond acceptors (Lipinski definition) is 4. The van der Waals surface area contributed by atoms with Crippen molar-refractivity contribution in [2.45, 2.75) is 18.9 Å². The van der Waals surface area contributed by atoms with Gasteiger partial charge in [-0.2, -0.15) is 0 Å². The topological polar surface area (TPSA) is 52.7 Å². The van der Waals surface area contributed by atoms with Crippen LogP contribution in [0.2, 0.25) is 0 Å². The first-order chi connectivity index (χ1) is 8.53. The first-order valence-corrected chi connectivity index (χ1v) is 6.51. The van der Waals surface area contributed by atoms with Crippen LogP contribution in [0.3, 0.4) is 0 Å². The summed E-state index contributed by atoms with van der Waals surface area (Å²) in [6.07, 6.45) is 0.696. The second-order valence-electron chi connectivity index (χ2n) is 5.35. The van der Waals surface area contributed by atoms with Crippen LogP contribution in [0, 0.1) is 0 Å². The van der Waals surface area contributed by atoms with Crippen molar-refractivity contribution in [3.05, 3.63) is 24.3 Å². The number of rotatable bonds is 4. The van der Waals surface area contributed by atoms with Gasteiger partial charge in [0.15, 0.2) is 0 Å². The first-order valence-electron chi connectivity index (χ1n) is 6.51. The third-order valence-electron chi connectivity index (χ3n) is 3.70. The zero-order valence-corrected chi connectivity index (χ0v) is 11.3. The predicted molar refractivity (Wildman–Crippen MR) is 76.2 cm³/mol. The molecule has 4 heteroatoms. The van der Waals surface area contributed by atoms with Gasteiger partial charge in [-0.15, -0.1) is 0 Å². The van der Waals surface area contributed by atoms with Crippen molar-refractivity contribution in [1.82, 2.24) is 0 Å². The molecule has 0 aromatic heterocycles. The van der Waals surface area contributed by atoms with Crippen LogP contribution in [0.1, 0.15) is 13.3 Å². The lowest BCUT2D eigenvalue weighted by Gasteiger charge is -2.38. The van der Waals surface area contributed by atoms with Gasteiger partial charge < -0.3 is 20.6 Å². The molecule has 0 bridgehead atoms. The fourth-order valence-electron chi connectivity index (χ4n) is 2.28. The predicted octanol–water partition coefficient (Wildman–Crippen LogP) is 1.04. The summed E-state index contributed by atoms with van der Waals surface area (Å²) in [6.45, 7) is 4.96. The molecule has 0 radical (unpaired) electrons. The van der Waals surface area contributed by atoms with E-state index in [0.29, 0.717) is 13.0 Å². The summed E-state index contributed by atoms with van der Waals surface area (Å²) >= 11 is 0. The van der Waals surface area contributed by atoms with Gasteiger partial charge in [0.25, 0.3) is 0 Å². The van der Waals surface area contributed by atoms with Crippen molar-refractivity contribution in [1.29, 1.82) is 0 Å². The zero-order valence-electron chi connectivity index (χ0n) is 11.3. The van der Waals surface area contributed by atoms with Gasteiger partial charge in [0, 0.05) is 33.2 Å². The first kappa shape index (κ1) is 13.2. The number of anilines is 2. The number of likely N-dealkylation sites (N-methyl/N-ethyl adjacent to an activating group) is 1. The second-order valence-corrected chi connectivity index (χ2v) is 5.35. The van der Waals surface area contributed by atoms with Crippen molar-refractivity contribution in [2.24, 2.45) is 5.73 Å². The molecule has 0 spiro atoms. The maximum Gasteiger partial charge on any atom is 0.0758 e. The molecule has 1 unspecified atom stereocenters. The largest absolute Gasteiger partial charge is 0.389 e. The highest BCUT2D eigenvalue weighted by Gasteiger charge is 2.23. The molecule has 1 aliphatic rings. The SMILES string of the molecule is CN1CCN(CCC(C)(O)CN)c2ccccc21. The van der Waals surface area contributed by atoms with E-state index in [-0.39, 0.29) is 0 Å². The molecule has 1 aliphatic heterocycles. The monoisotopic (exact) mass is 249 g/mol. The van der Waals surface area contributed by atoms with Crippen LogP contribution in [0.5, 0.6) is 0 Å². The van der Waals surface area contributed by atoms with E-state index < -0.39 is 5.60 Å². The van der Waals surface area contributed by atoms with Gasteiger partial charge in [-0.25, -0.2) is 0 Å². The molecule has 0 saturated heterocycles. The van der Waals surface area contributed by atoms with Crippen molar-refractivity contribution in [3.63, 3.8) is 0 Å². The number of benzene rings is 1. The average molecular weight is 249 g/mol. The Hall–Kier alpha value is -1.26. The molecular formula is C14H23N3O. The Morgan fingerprint density at radius 1 is 1.28 bits per heavy atom. The molecule has 2 rings (SSSR count). The highest BCUT2D eigenvalue weighted by molar-refractivity contribution is 5.73. The maximum absolute atomic E-state index is 9.99. The van der Waals surface area contributed by atoms with Crippen molar-refractivity contribution >= 4 is 11.4 Å². The molecule has 0 amide bonds. The van der Waals surface area contributed by atoms with Crippen molar-refractivity contribution in [3.8, 4) is 0 Å². The lowest BCUT2D eigenvalue weighted by Crippen LogP contribution is -2.43. The third kappa shape index (κ3) is 2.76. The van der Waals surface area contributed by atoms with E-state index >= 15 is 0 Å². The molecule has 1 heterocycles. The number of hydrogen-bond donors (Lipinski definition) is 2. The minimum absolute atomic E-state index is 0.308. The Kier molecular flexibility index (Phi) is 3.78.